The van der Waals surface area contributed by atoms with Crippen LogP contribution in [0, 0.1) is 0 Å². The van der Waals surface area contributed by atoms with Gasteiger partial charge in [-0.3, -0.25) is 9.59 Å². The van der Waals surface area contributed by atoms with E-state index in [0.717, 1.165) is 41.0 Å². The number of hydrogen-bond acceptors (Lipinski definition) is 7. The first-order chi connectivity index (χ1) is 25.8. The quantitative estimate of drug-likeness (QED) is 0.0492. The molecule has 2 amide bonds. The zero-order chi connectivity index (χ0) is 39.3. The average Bonchev–Trinajstić information content (AvgIpc) is 3.68. The Balaban J connectivity index is 1.52. The highest BCUT2D eigenvalue weighted by atomic mass is 32.1. The Hall–Kier alpha value is -5.39. The van der Waals surface area contributed by atoms with E-state index in [1.165, 1.54) is 11.3 Å². The van der Waals surface area contributed by atoms with Gasteiger partial charge in [0.05, 0.1) is 11.5 Å². The summed E-state index contributed by atoms with van der Waals surface area (Å²) < 4.78 is 5.82. The molecule has 4 N–H and O–H groups in total. The number of aliphatic hydroxyl groups is 1. The topological polar surface area (TPSA) is 150 Å². The lowest BCUT2D eigenvalue weighted by molar-refractivity contribution is -0.145. The molecule has 0 saturated carbocycles. The van der Waals surface area contributed by atoms with Crippen LogP contribution < -0.4 is 15.4 Å². The van der Waals surface area contributed by atoms with Gasteiger partial charge in [0.25, 0.3) is 5.91 Å². The van der Waals surface area contributed by atoms with Gasteiger partial charge in [0.2, 0.25) is 5.91 Å². The lowest BCUT2D eigenvalue weighted by atomic mass is 9.95. The minimum Gasteiger partial charge on any atom is -0.494 e. The first kappa shape index (κ1) is 41.4. The molecule has 4 rings (SSSR count). The van der Waals surface area contributed by atoms with Crippen LogP contribution in [0.15, 0.2) is 107 Å². The number of nitrogens with zero attached hydrogens (tertiary/aromatic N) is 2. The second-order valence-corrected chi connectivity index (χ2v) is 15.1. The molecule has 0 saturated heterocycles. The third-order valence-corrected chi connectivity index (χ3v) is 10.2. The highest BCUT2D eigenvalue weighted by Crippen LogP contribution is 2.29. The lowest BCUT2D eigenvalue weighted by Crippen LogP contribution is -2.54. The number of hydrogen-bond donors (Lipinski definition) is 4. The number of carbonyl (C=O) groups is 3. The Morgan fingerprint density at radius 2 is 1.57 bits per heavy atom. The Kier molecular flexibility index (Phi) is 15.0. The monoisotopic (exact) mass is 750 g/mol. The second-order valence-electron chi connectivity index (χ2n) is 14.0. The van der Waals surface area contributed by atoms with E-state index in [1.54, 1.807) is 66.9 Å². The number of ether oxygens (including phenoxy) is 1. The normalized spacial score (nSPS) is 13.7. The molecule has 4 aromatic rings. The number of rotatable bonds is 17. The molecule has 0 aliphatic rings. The van der Waals surface area contributed by atoms with Gasteiger partial charge < -0.3 is 25.6 Å². The van der Waals surface area contributed by atoms with Crippen molar-refractivity contribution in [1.29, 1.82) is 0 Å². The number of nitrogens with one attached hydrogen (secondary N) is 2. The Labute approximate surface area is 321 Å². The number of aliphatic imine (C=N–C) groups is 2. The van der Waals surface area contributed by atoms with Crippen molar-refractivity contribution in [2.45, 2.75) is 83.9 Å². The molecule has 0 bridgehead atoms. The maximum Gasteiger partial charge on any atom is 0.329 e. The SMILES string of the molecule is C=N/C(=N\C=C(/C)c1ccc(OCCCCC)cc1)c1ccc(C[C@H](NC(=O)c2ccc(C(C)(C)C)s2)C(=O)NC(C(=O)O)C(O)c2ccccc2)cc1. The number of carboxylic acid groups (broad SMARTS) is 1. The zero-order valence-corrected chi connectivity index (χ0v) is 32.4. The first-order valence-electron chi connectivity index (χ1n) is 18.0. The van der Waals surface area contributed by atoms with Crippen molar-refractivity contribution in [3.63, 3.8) is 0 Å². The Morgan fingerprint density at radius 3 is 2.17 bits per heavy atom. The summed E-state index contributed by atoms with van der Waals surface area (Å²) in [7, 11) is 0. The predicted octanol–water partition coefficient (Wildman–Crippen LogP) is 7.77. The summed E-state index contributed by atoms with van der Waals surface area (Å²) >= 11 is 1.33. The van der Waals surface area contributed by atoms with E-state index in [9.17, 15) is 24.6 Å². The number of benzene rings is 3. The molecule has 1 aromatic heterocycles. The predicted molar refractivity (Wildman–Crippen MR) is 217 cm³/mol. The Morgan fingerprint density at radius 1 is 0.907 bits per heavy atom. The van der Waals surface area contributed by atoms with Gasteiger partial charge in [-0.2, -0.15) is 0 Å². The van der Waals surface area contributed by atoms with Gasteiger partial charge in [0, 0.05) is 23.1 Å². The largest absolute Gasteiger partial charge is 0.494 e. The molecule has 0 aliphatic carbocycles. The molecule has 3 atom stereocenters. The van der Waals surface area contributed by atoms with Crippen molar-refractivity contribution < 1.29 is 29.3 Å². The first-order valence-corrected chi connectivity index (χ1v) is 18.8. The van der Waals surface area contributed by atoms with Gasteiger partial charge in [-0.15, -0.1) is 11.3 Å². The van der Waals surface area contributed by atoms with Crippen LogP contribution in [0.2, 0.25) is 0 Å². The molecule has 0 fully saturated rings. The van der Waals surface area contributed by atoms with E-state index in [-0.39, 0.29) is 11.8 Å². The van der Waals surface area contributed by atoms with Crippen LogP contribution in [0.4, 0.5) is 0 Å². The fraction of sp³-hybridized carbons (Fsp3) is 0.326. The number of carbonyl (C=O) groups excluding carboxylic acids is 2. The van der Waals surface area contributed by atoms with E-state index in [4.69, 9.17) is 4.74 Å². The Bertz CT molecular complexity index is 1930. The fourth-order valence-electron chi connectivity index (χ4n) is 5.49. The van der Waals surface area contributed by atoms with E-state index in [1.807, 2.05) is 58.0 Å². The van der Waals surface area contributed by atoms with Crippen molar-refractivity contribution >= 4 is 47.2 Å². The van der Waals surface area contributed by atoms with Crippen LogP contribution in [0.1, 0.15) is 96.8 Å². The summed E-state index contributed by atoms with van der Waals surface area (Å²) in [6, 6.07) is 24.0. The van der Waals surface area contributed by atoms with E-state index in [2.05, 4.69) is 34.3 Å². The molecule has 1 heterocycles. The zero-order valence-electron chi connectivity index (χ0n) is 31.5. The summed E-state index contributed by atoms with van der Waals surface area (Å²) in [5.74, 6) is -1.42. The van der Waals surface area contributed by atoms with Crippen LogP contribution in [-0.2, 0) is 21.4 Å². The van der Waals surface area contributed by atoms with E-state index in [0.29, 0.717) is 34.0 Å². The number of amidine groups is 1. The number of aliphatic hydroxyl groups excluding tert-OH is 1. The van der Waals surface area contributed by atoms with Crippen molar-refractivity contribution in [1.82, 2.24) is 10.6 Å². The number of unbranched alkanes of at least 4 members (excludes halogenated alkanes) is 2. The molecule has 0 aliphatic heterocycles. The summed E-state index contributed by atoms with van der Waals surface area (Å²) in [6.07, 6.45) is 3.55. The minimum atomic E-state index is -1.66. The highest BCUT2D eigenvalue weighted by Gasteiger charge is 2.33. The number of allylic oxidation sites excluding steroid dienone is 1. The summed E-state index contributed by atoms with van der Waals surface area (Å²) in [5.41, 5.74) is 3.44. The van der Waals surface area contributed by atoms with Gasteiger partial charge in [-0.25, -0.2) is 14.8 Å². The molecule has 284 valence electrons. The van der Waals surface area contributed by atoms with Gasteiger partial charge in [0.1, 0.15) is 17.9 Å². The lowest BCUT2D eigenvalue weighted by Gasteiger charge is -2.24. The summed E-state index contributed by atoms with van der Waals surface area (Å²) in [4.78, 5) is 49.6. The molecule has 3 aromatic carbocycles. The number of thiophene rings is 1. The number of carboxylic acids is 1. The molecular weight excluding hydrogens is 701 g/mol. The third-order valence-electron chi connectivity index (χ3n) is 8.72. The van der Waals surface area contributed by atoms with Crippen LogP contribution in [0.25, 0.3) is 5.57 Å². The van der Waals surface area contributed by atoms with Crippen molar-refractivity contribution in [2.75, 3.05) is 6.61 Å². The molecule has 2 unspecified atom stereocenters. The number of aliphatic carboxylic acids is 1. The molecular formula is C43H50N4O6S. The maximum atomic E-state index is 13.8. The fourth-order valence-corrected chi connectivity index (χ4v) is 6.46. The van der Waals surface area contributed by atoms with Crippen LogP contribution in [-0.4, -0.2) is 59.2 Å². The molecule has 11 heteroatoms. The van der Waals surface area contributed by atoms with Crippen LogP contribution >= 0.6 is 11.3 Å². The molecule has 54 heavy (non-hydrogen) atoms. The van der Waals surface area contributed by atoms with Crippen molar-refractivity contribution in [2.24, 2.45) is 9.98 Å². The average molecular weight is 751 g/mol. The molecule has 0 radical (unpaired) electrons. The van der Waals surface area contributed by atoms with Crippen LogP contribution in [0.3, 0.4) is 0 Å². The summed E-state index contributed by atoms with van der Waals surface area (Å²) in [5, 5.41) is 26.1. The van der Waals surface area contributed by atoms with E-state index < -0.39 is 36.0 Å². The van der Waals surface area contributed by atoms with E-state index >= 15 is 0 Å². The second kappa shape index (κ2) is 19.6. The standard InChI is InChI=1S/C43H50N4O6S/c1-7-8-12-25-53-33-21-19-30(20-22-33)28(2)27-45-39(44-6)32-17-15-29(16-18-32)26-34(46-41(50)35-23-24-36(54-35)43(3,4)5)40(49)47-37(42(51)52)38(48)31-13-10-9-11-14-31/h9-11,13-24,27,34,37-38,48H,6-8,12,25-26H2,1-5H3,(H,46,50)(H,47,49)(H,51,52)/b28-27+,45-39-/t34-,37?,38?/m0/s1. The van der Waals surface area contributed by atoms with Gasteiger partial charge in [-0.05, 0) is 72.0 Å². The molecule has 0 spiro atoms. The minimum absolute atomic E-state index is 0.0362. The van der Waals surface area contributed by atoms with Crippen molar-refractivity contribution in [3.8, 4) is 5.75 Å². The smallest absolute Gasteiger partial charge is 0.329 e. The third kappa shape index (κ3) is 11.8. The molecule has 10 nitrogen and oxygen atoms in total. The van der Waals surface area contributed by atoms with Gasteiger partial charge >= 0.3 is 5.97 Å². The number of amides is 2. The van der Waals surface area contributed by atoms with Crippen LogP contribution in [0.5, 0.6) is 5.75 Å². The maximum absolute atomic E-state index is 13.8. The van der Waals surface area contributed by atoms with Gasteiger partial charge in [-0.1, -0.05) is 107 Å². The van der Waals surface area contributed by atoms with Crippen molar-refractivity contribution in [3.05, 3.63) is 129 Å². The summed E-state index contributed by atoms with van der Waals surface area (Å²) in [6.45, 7) is 14.6. The highest BCUT2D eigenvalue weighted by molar-refractivity contribution is 7.14. The van der Waals surface area contributed by atoms with Gasteiger partial charge in [0.15, 0.2) is 11.9 Å².